The van der Waals surface area contributed by atoms with Crippen LogP contribution < -0.4 is 5.73 Å². The summed E-state index contributed by atoms with van der Waals surface area (Å²) in [6, 6.07) is 0.148. The Morgan fingerprint density at radius 1 is 1.58 bits per heavy atom. The third-order valence-electron chi connectivity index (χ3n) is 4.06. The first-order chi connectivity index (χ1) is 8.99. The second-order valence-corrected chi connectivity index (χ2v) is 5.58. The van der Waals surface area contributed by atoms with Gasteiger partial charge < -0.3 is 15.2 Å². The summed E-state index contributed by atoms with van der Waals surface area (Å²) < 4.78 is 5.10. The molecule has 1 aromatic heterocycles. The van der Waals surface area contributed by atoms with Crippen LogP contribution in [0.4, 0.5) is 0 Å². The molecule has 0 spiro atoms. The van der Waals surface area contributed by atoms with Crippen molar-refractivity contribution in [2.24, 2.45) is 11.7 Å². The number of likely N-dealkylation sites (tertiary alicyclic amines) is 1. The molecule has 2 atom stereocenters. The van der Waals surface area contributed by atoms with Crippen LogP contribution in [0.3, 0.4) is 0 Å². The number of amides is 1. The first kappa shape index (κ1) is 14.1. The Labute approximate surface area is 114 Å². The highest BCUT2D eigenvalue weighted by Gasteiger charge is 2.26. The fourth-order valence-corrected chi connectivity index (χ4v) is 2.68. The standard InChI is InChI=1S/C14H23N3O2/c1-9(15)12-5-4-6-17(8-12)14(18)7-13-10(2)16-19-11(13)3/h9,12H,4-8,15H2,1-3H3/t9-,12-/m1/s1. The van der Waals surface area contributed by atoms with Gasteiger partial charge in [0, 0.05) is 24.7 Å². The second-order valence-electron chi connectivity index (χ2n) is 5.58. The summed E-state index contributed by atoms with van der Waals surface area (Å²) in [5.74, 6) is 1.31. The zero-order chi connectivity index (χ0) is 14.0. The van der Waals surface area contributed by atoms with Crippen molar-refractivity contribution in [3.8, 4) is 0 Å². The number of nitrogens with zero attached hydrogens (tertiary/aromatic N) is 2. The van der Waals surface area contributed by atoms with Gasteiger partial charge in [0.1, 0.15) is 5.76 Å². The van der Waals surface area contributed by atoms with Crippen molar-refractivity contribution in [3.05, 3.63) is 17.0 Å². The maximum absolute atomic E-state index is 12.4. The molecule has 0 saturated carbocycles. The fraction of sp³-hybridized carbons (Fsp3) is 0.714. The molecule has 0 bridgehead atoms. The Morgan fingerprint density at radius 2 is 2.32 bits per heavy atom. The van der Waals surface area contributed by atoms with Crippen LogP contribution >= 0.6 is 0 Å². The van der Waals surface area contributed by atoms with Gasteiger partial charge in [-0.3, -0.25) is 4.79 Å². The molecule has 1 amide bonds. The van der Waals surface area contributed by atoms with Gasteiger partial charge in [-0.05, 0) is 39.5 Å². The Hall–Kier alpha value is -1.36. The van der Waals surface area contributed by atoms with Crippen LogP contribution in [0.15, 0.2) is 4.52 Å². The fourth-order valence-electron chi connectivity index (χ4n) is 2.68. The number of nitrogens with two attached hydrogens (primary N) is 1. The SMILES string of the molecule is Cc1noc(C)c1CC(=O)N1CCC[C@@H]([C@@H](C)N)C1. The lowest BCUT2D eigenvalue weighted by atomic mass is 9.92. The molecular formula is C14H23N3O2. The third-order valence-corrected chi connectivity index (χ3v) is 4.06. The van der Waals surface area contributed by atoms with Gasteiger partial charge in [-0.15, -0.1) is 0 Å². The van der Waals surface area contributed by atoms with Gasteiger partial charge >= 0.3 is 0 Å². The van der Waals surface area contributed by atoms with E-state index in [1.165, 1.54) is 0 Å². The predicted octanol–water partition coefficient (Wildman–Crippen LogP) is 1.42. The smallest absolute Gasteiger partial charge is 0.227 e. The van der Waals surface area contributed by atoms with Gasteiger partial charge in [0.25, 0.3) is 0 Å². The van der Waals surface area contributed by atoms with Crippen molar-refractivity contribution in [1.82, 2.24) is 10.1 Å². The average Bonchev–Trinajstić information content (AvgIpc) is 2.70. The van der Waals surface area contributed by atoms with E-state index in [-0.39, 0.29) is 11.9 Å². The molecule has 5 heteroatoms. The molecule has 1 fully saturated rings. The van der Waals surface area contributed by atoms with Gasteiger partial charge in [-0.1, -0.05) is 5.16 Å². The van der Waals surface area contributed by atoms with Crippen molar-refractivity contribution in [2.75, 3.05) is 13.1 Å². The summed E-state index contributed by atoms with van der Waals surface area (Å²) in [7, 11) is 0. The molecule has 1 aromatic rings. The van der Waals surface area contributed by atoms with Crippen molar-refractivity contribution >= 4 is 5.91 Å². The lowest BCUT2D eigenvalue weighted by Crippen LogP contribution is -2.45. The van der Waals surface area contributed by atoms with Crippen LogP contribution in [-0.2, 0) is 11.2 Å². The molecule has 0 aromatic carbocycles. The molecule has 1 aliphatic rings. The average molecular weight is 265 g/mol. The number of rotatable bonds is 3. The normalized spacial score (nSPS) is 21.5. The molecule has 0 aliphatic carbocycles. The van der Waals surface area contributed by atoms with E-state index in [0.717, 1.165) is 42.9 Å². The first-order valence-corrected chi connectivity index (χ1v) is 6.94. The van der Waals surface area contributed by atoms with E-state index >= 15 is 0 Å². The maximum Gasteiger partial charge on any atom is 0.227 e. The van der Waals surface area contributed by atoms with Gasteiger partial charge in [0.15, 0.2) is 0 Å². The Morgan fingerprint density at radius 3 is 2.89 bits per heavy atom. The Kier molecular flexibility index (Phi) is 4.24. The molecule has 5 nitrogen and oxygen atoms in total. The number of aryl methyl sites for hydroxylation is 2. The predicted molar refractivity (Wildman–Crippen MR) is 72.6 cm³/mol. The number of carbonyl (C=O) groups is 1. The van der Waals surface area contributed by atoms with Crippen LogP contribution in [0.2, 0.25) is 0 Å². The van der Waals surface area contributed by atoms with E-state index in [9.17, 15) is 4.79 Å². The molecule has 0 unspecified atom stereocenters. The van der Waals surface area contributed by atoms with Crippen molar-refractivity contribution in [3.63, 3.8) is 0 Å². The Balaban J connectivity index is 2.00. The van der Waals surface area contributed by atoms with E-state index in [0.29, 0.717) is 12.3 Å². The molecule has 2 heterocycles. The number of piperidine rings is 1. The number of aromatic nitrogens is 1. The van der Waals surface area contributed by atoms with Crippen LogP contribution in [-0.4, -0.2) is 35.1 Å². The van der Waals surface area contributed by atoms with Gasteiger partial charge in [-0.2, -0.15) is 0 Å². The largest absolute Gasteiger partial charge is 0.361 e. The van der Waals surface area contributed by atoms with Crippen LogP contribution in [0, 0.1) is 19.8 Å². The molecule has 2 N–H and O–H groups in total. The number of carbonyl (C=O) groups excluding carboxylic acids is 1. The molecular weight excluding hydrogens is 242 g/mol. The first-order valence-electron chi connectivity index (χ1n) is 6.94. The van der Waals surface area contributed by atoms with Crippen molar-refractivity contribution < 1.29 is 9.32 Å². The summed E-state index contributed by atoms with van der Waals surface area (Å²) in [5, 5.41) is 3.89. The minimum atomic E-state index is 0.148. The van der Waals surface area contributed by atoms with E-state index in [4.69, 9.17) is 10.3 Å². The summed E-state index contributed by atoms with van der Waals surface area (Å²) in [5.41, 5.74) is 7.69. The van der Waals surface area contributed by atoms with Gasteiger partial charge in [0.2, 0.25) is 5.91 Å². The van der Waals surface area contributed by atoms with Crippen molar-refractivity contribution in [2.45, 2.75) is 46.1 Å². The highest BCUT2D eigenvalue weighted by atomic mass is 16.5. The van der Waals surface area contributed by atoms with E-state index < -0.39 is 0 Å². The van der Waals surface area contributed by atoms with E-state index in [1.807, 2.05) is 25.7 Å². The molecule has 0 radical (unpaired) electrons. The molecule has 19 heavy (non-hydrogen) atoms. The molecule has 1 saturated heterocycles. The summed E-state index contributed by atoms with van der Waals surface area (Å²) in [6.07, 6.45) is 2.54. The molecule has 2 rings (SSSR count). The number of hydrogen-bond acceptors (Lipinski definition) is 4. The quantitative estimate of drug-likeness (QED) is 0.897. The summed E-state index contributed by atoms with van der Waals surface area (Å²) >= 11 is 0. The van der Waals surface area contributed by atoms with Crippen LogP contribution in [0.1, 0.15) is 36.8 Å². The molecule has 1 aliphatic heterocycles. The zero-order valence-corrected chi connectivity index (χ0v) is 12.0. The third kappa shape index (κ3) is 3.15. The van der Waals surface area contributed by atoms with Gasteiger partial charge in [0.05, 0.1) is 12.1 Å². The zero-order valence-electron chi connectivity index (χ0n) is 12.0. The van der Waals surface area contributed by atoms with E-state index in [2.05, 4.69) is 5.16 Å². The van der Waals surface area contributed by atoms with Crippen LogP contribution in [0.5, 0.6) is 0 Å². The minimum absolute atomic E-state index is 0.148. The number of hydrogen-bond donors (Lipinski definition) is 1. The highest BCUT2D eigenvalue weighted by molar-refractivity contribution is 5.79. The minimum Gasteiger partial charge on any atom is -0.361 e. The maximum atomic E-state index is 12.4. The summed E-state index contributed by atoms with van der Waals surface area (Å²) in [4.78, 5) is 14.3. The monoisotopic (exact) mass is 265 g/mol. The summed E-state index contributed by atoms with van der Waals surface area (Å²) in [6.45, 7) is 7.36. The highest BCUT2D eigenvalue weighted by Crippen LogP contribution is 2.21. The van der Waals surface area contributed by atoms with Crippen molar-refractivity contribution in [1.29, 1.82) is 0 Å². The Bertz CT molecular complexity index is 434. The van der Waals surface area contributed by atoms with Crippen LogP contribution in [0.25, 0.3) is 0 Å². The van der Waals surface area contributed by atoms with E-state index in [1.54, 1.807) is 0 Å². The lowest BCUT2D eigenvalue weighted by molar-refractivity contribution is -0.132. The second kappa shape index (κ2) is 5.74. The molecule has 106 valence electrons. The lowest BCUT2D eigenvalue weighted by Gasteiger charge is -2.34. The topological polar surface area (TPSA) is 72.4 Å². The van der Waals surface area contributed by atoms with Gasteiger partial charge in [-0.25, -0.2) is 0 Å².